The van der Waals surface area contributed by atoms with Crippen LogP contribution in [-0.4, -0.2) is 13.1 Å². The normalized spacial score (nSPS) is 9.64. The number of esters is 1. The molecule has 0 unspecified atom stereocenters. The molecule has 0 bridgehead atoms. The zero-order valence-electron chi connectivity index (χ0n) is 7.54. The summed E-state index contributed by atoms with van der Waals surface area (Å²) in [5.41, 5.74) is 2.78. The molecule has 0 radical (unpaired) electrons. The number of hydrogen-bond acceptors (Lipinski definition) is 4. The van der Waals surface area contributed by atoms with E-state index in [1.807, 2.05) is 0 Å². The monoisotopic (exact) mass is 258 g/mol. The molecule has 0 spiro atoms. The van der Waals surface area contributed by atoms with Gasteiger partial charge in [0.05, 0.1) is 13.5 Å². The summed E-state index contributed by atoms with van der Waals surface area (Å²) in [6, 6.07) is 5.08. The Hall–Kier alpha value is -1.07. The third-order valence-corrected chi connectivity index (χ3v) is 2.24. The van der Waals surface area contributed by atoms with Crippen molar-refractivity contribution in [3.63, 3.8) is 0 Å². The maximum absolute atomic E-state index is 11.0. The molecule has 0 aliphatic heterocycles. The Labute approximate surface area is 90.0 Å². The number of benzene rings is 1. The summed E-state index contributed by atoms with van der Waals surface area (Å²) in [7, 11) is 1.31. The Balaban J connectivity index is 2.90. The summed E-state index contributed by atoms with van der Waals surface area (Å²) in [4.78, 5) is 11.0. The summed E-state index contributed by atoms with van der Waals surface area (Å²) >= 11 is 3.23. The maximum atomic E-state index is 11.0. The van der Waals surface area contributed by atoms with Crippen LogP contribution in [0, 0.1) is 5.21 Å². The highest BCUT2D eigenvalue weighted by atomic mass is 79.9. The number of carbonyl (C=O) groups excluding carboxylic acids is 1. The fourth-order valence-corrected chi connectivity index (χ4v) is 1.39. The van der Waals surface area contributed by atoms with Crippen LogP contribution in [0.2, 0.25) is 0 Å². The van der Waals surface area contributed by atoms with Gasteiger partial charge in [-0.1, -0.05) is 22.0 Å². The predicted molar refractivity (Wildman–Crippen MR) is 56.9 cm³/mol. The fraction of sp³-hybridized carbons (Fsp3) is 0.222. The van der Waals surface area contributed by atoms with Crippen molar-refractivity contribution in [2.75, 3.05) is 12.6 Å². The molecule has 4 nitrogen and oxygen atoms in total. The molecule has 0 aliphatic rings. The summed E-state index contributed by atoms with van der Waals surface area (Å²) in [5, 5.41) is 10.6. The lowest BCUT2D eigenvalue weighted by molar-refractivity contribution is -0.139. The minimum atomic E-state index is -0.371. The van der Waals surface area contributed by atoms with Gasteiger partial charge in [-0.3, -0.25) is 4.79 Å². The number of ether oxygens (including phenoxy) is 1. The van der Waals surface area contributed by atoms with E-state index in [-0.39, 0.29) is 12.4 Å². The van der Waals surface area contributed by atoms with Gasteiger partial charge in [0.15, 0.2) is 0 Å². The Morgan fingerprint density at radius 2 is 2.36 bits per heavy atom. The van der Waals surface area contributed by atoms with E-state index in [2.05, 4.69) is 20.7 Å². The number of anilines is 1. The number of halogens is 1. The second kappa shape index (κ2) is 4.97. The summed E-state index contributed by atoms with van der Waals surface area (Å²) in [6.45, 7) is 0. The van der Waals surface area contributed by atoms with Crippen molar-refractivity contribution >= 4 is 27.6 Å². The Morgan fingerprint density at radius 3 is 2.93 bits per heavy atom. The summed E-state index contributed by atoms with van der Waals surface area (Å²) in [5.74, 6) is -0.371. The number of hydrogen-bond donors (Lipinski definition) is 1. The van der Waals surface area contributed by atoms with Crippen molar-refractivity contribution in [3.8, 4) is 0 Å². The molecule has 0 aromatic heterocycles. The molecule has 1 aromatic rings. The number of carbonyl (C=O) groups is 1. The molecule has 1 aromatic carbocycles. The number of methoxy groups -OCH3 is 1. The SMILES string of the molecule is COC(=O)Cc1ccc(Br)cc1N[O-]. The Kier molecular flexibility index (Phi) is 3.91. The van der Waals surface area contributed by atoms with E-state index in [0.717, 1.165) is 4.47 Å². The van der Waals surface area contributed by atoms with E-state index in [1.54, 1.807) is 23.7 Å². The fourth-order valence-electron chi connectivity index (χ4n) is 1.03. The molecule has 5 heteroatoms. The minimum Gasteiger partial charge on any atom is -0.761 e. The van der Waals surface area contributed by atoms with Crippen LogP contribution < -0.4 is 5.48 Å². The van der Waals surface area contributed by atoms with Gasteiger partial charge in [0.1, 0.15) is 0 Å². The van der Waals surface area contributed by atoms with Crippen LogP contribution in [0.1, 0.15) is 5.56 Å². The van der Waals surface area contributed by atoms with Crippen LogP contribution in [0.4, 0.5) is 5.69 Å². The molecular formula is C9H9BrNO3-. The largest absolute Gasteiger partial charge is 0.761 e. The van der Waals surface area contributed by atoms with Crippen LogP contribution in [0.5, 0.6) is 0 Å². The van der Waals surface area contributed by atoms with E-state index in [1.165, 1.54) is 7.11 Å². The lowest BCUT2D eigenvalue weighted by Crippen LogP contribution is -2.06. The predicted octanol–water partition coefficient (Wildman–Crippen LogP) is 2.07. The van der Waals surface area contributed by atoms with Gasteiger partial charge in [-0.15, -0.1) is 0 Å². The van der Waals surface area contributed by atoms with Gasteiger partial charge in [0, 0.05) is 10.2 Å². The average Bonchev–Trinajstić information content (AvgIpc) is 2.20. The lowest BCUT2D eigenvalue weighted by atomic mass is 10.1. The van der Waals surface area contributed by atoms with Gasteiger partial charge in [-0.2, -0.15) is 0 Å². The molecule has 0 saturated heterocycles. The quantitative estimate of drug-likeness (QED) is 0.666. The lowest BCUT2D eigenvalue weighted by Gasteiger charge is -2.14. The first kappa shape index (κ1) is 11.0. The molecule has 76 valence electrons. The Bertz CT molecular complexity index is 341. The van der Waals surface area contributed by atoms with E-state index in [4.69, 9.17) is 0 Å². The smallest absolute Gasteiger partial charge is 0.310 e. The maximum Gasteiger partial charge on any atom is 0.310 e. The highest BCUT2D eigenvalue weighted by Crippen LogP contribution is 2.21. The second-order valence-electron chi connectivity index (χ2n) is 2.66. The molecule has 0 fully saturated rings. The van der Waals surface area contributed by atoms with Crippen molar-refractivity contribution in [2.45, 2.75) is 6.42 Å². The highest BCUT2D eigenvalue weighted by molar-refractivity contribution is 9.10. The second-order valence-corrected chi connectivity index (χ2v) is 3.57. The zero-order valence-corrected chi connectivity index (χ0v) is 9.13. The molecule has 1 N–H and O–H groups in total. The first-order valence-electron chi connectivity index (χ1n) is 3.90. The number of nitrogens with one attached hydrogen (secondary N) is 1. The van der Waals surface area contributed by atoms with E-state index >= 15 is 0 Å². The molecule has 0 amide bonds. The van der Waals surface area contributed by atoms with Crippen molar-refractivity contribution in [1.29, 1.82) is 0 Å². The van der Waals surface area contributed by atoms with Crippen LogP contribution >= 0.6 is 15.9 Å². The molecule has 0 heterocycles. The molecular weight excluding hydrogens is 250 g/mol. The minimum absolute atomic E-state index is 0.0916. The molecule has 0 aliphatic carbocycles. The molecule has 14 heavy (non-hydrogen) atoms. The first-order chi connectivity index (χ1) is 6.67. The zero-order chi connectivity index (χ0) is 10.6. The Morgan fingerprint density at radius 1 is 1.64 bits per heavy atom. The van der Waals surface area contributed by atoms with Gasteiger partial charge in [0.2, 0.25) is 0 Å². The van der Waals surface area contributed by atoms with Gasteiger partial charge < -0.3 is 15.4 Å². The van der Waals surface area contributed by atoms with Crippen molar-refractivity contribution < 1.29 is 9.53 Å². The van der Waals surface area contributed by atoms with Gasteiger partial charge in [0.25, 0.3) is 0 Å². The molecule has 0 atom stereocenters. The first-order valence-corrected chi connectivity index (χ1v) is 4.70. The van der Waals surface area contributed by atoms with Crippen molar-refractivity contribution in [1.82, 2.24) is 0 Å². The van der Waals surface area contributed by atoms with Gasteiger partial charge in [-0.05, 0) is 17.7 Å². The summed E-state index contributed by atoms with van der Waals surface area (Å²) in [6.07, 6.45) is 0.0916. The third-order valence-electron chi connectivity index (χ3n) is 1.74. The van der Waals surface area contributed by atoms with Gasteiger partial charge in [-0.25, -0.2) is 0 Å². The van der Waals surface area contributed by atoms with Crippen LogP contribution in [-0.2, 0) is 16.0 Å². The third kappa shape index (κ3) is 2.71. The van der Waals surface area contributed by atoms with Crippen molar-refractivity contribution in [3.05, 3.63) is 33.4 Å². The van der Waals surface area contributed by atoms with Gasteiger partial charge >= 0.3 is 5.97 Å². The van der Waals surface area contributed by atoms with E-state index < -0.39 is 0 Å². The van der Waals surface area contributed by atoms with Crippen LogP contribution in [0.15, 0.2) is 22.7 Å². The standard InChI is InChI=1S/C9H9BrNO3/c1-14-9(12)4-6-2-3-7(10)5-8(6)11-13/h2-3,5,11H,4H2,1H3/q-1. The van der Waals surface area contributed by atoms with Crippen molar-refractivity contribution in [2.24, 2.45) is 0 Å². The highest BCUT2D eigenvalue weighted by Gasteiger charge is 2.06. The average molecular weight is 259 g/mol. The molecule has 1 rings (SSSR count). The topological polar surface area (TPSA) is 61.4 Å². The summed E-state index contributed by atoms with van der Waals surface area (Å²) < 4.78 is 5.29. The van der Waals surface area contributed by atoms with Crippen LogP contribution in [0.25, 0.3) is 0 Å². The van der Waals surface area contributed by atoms with E-state index in [0.29, 0.717) is 11.3 Å². The van der Waals surface area contributed by atoms with E-state index in [9.17, 15) is 10.0 Å². The number of rotatable bonds is 3. The molecule has 0 saturated carbocycles. The van der Waals surface area contributed by atoms with Crippen LogP contribution in [0.3, 0.4) is 0 Å².